The summed E-state index contributed by atoms with van der Waals surface area (Å²) < 4.78 is 6.46. The fraction of sp³-hybridized carbons (Fsp3) is 0.0244. The number of amidine groups is 2. The third-order valence-electron chi connectivity index (χ3n) is 8.70. The molecule has 0 aliphatic carbocycles. The van der Waals surface area contributed by atoms with Crippen molar-refractivity contribution in [3.05, 3.63) is 168 Å². The van der Waals surface area contributed by atoms with Gasteiger partial charge in [-0.15, -0.1) is 0 Å². The molecule has 45 heavy (non-hydrogen) atoms. The van der Waals surface area contributed by atoms with E-state index in [0.29, 0.717) is 5.84 Å². The molecule has 1 N–H and O–H groups in total. The largest absolute Gasteiger partial charge is 0.456 e. The van der Waals surface area contributed by atoms with Crippen LogP contribution < -0.4 is 5.32 Å². The summed E-state index contributed by atoms with van der Waals surface area (Å²) in [6.07, 6.45) is -0.372. The minimum Gasteiger partial charge on any atom is -0.456 e. The molecule has 0 bridgehead atoms. The third-order valence-corrected chi connectivity index (χ3v) is 8.70. The molecule has 1 aliphatic heterocycles. The van der Waals surface area contributed by atoms with Crippen molar-refractivity contribution in [1.82, 2.24) is 5.32 Å². The van der Waals surface area contributed by atoms with Crippen LogP contribution >= 0.6 is 0 Å². The minimum absolute atomic E-state index is 0.372. The van der Waals surface area contributed by atoms with Crippen molar-refractivity contribution >= 4 is 55.2 Å². The van der Waals surface area contributed by atoms with Crippen molar-refractivity contribution in [3.8, 4) is 11.1 Å². The number of furan rings is 1. The van der Waals surface area contributed by atoms with E-state index in [0.717, 1.165) is 61.0 Å². The standard InChI is InChI=1S/C41H27N3O/c1-2-9-26(10-3-1)31-21-22-34-37(25-31)45-36-16-8-15-35(38(34)36)41-43-39(32-19-17-27-11-4-6-13-29(27)23-32)42-40(44-41)33-20-18-28-12-5-7-14-30(28)24-33/h1-25,41H,(H,42,43,44). The van der Waals surface area contributed by atoms with Gasteiger partial charge in [0.05, 0.1) is 0 Å². The van der Waals surface area contributed by atoms with Crippen molar-refractivity contribution in [1.29, 1.82) is 0 Å². The molecule has 0 spiro atoms. The number of aliphatic imine (C=N–C) groups is 2. The van der Waals surface area contributed by atoms with E-state index < -0.39 is 0 Å². The quantitative estimate of drug-likeness (QED) is 0.226. The first kappa shape index (κ1) is 25.5. The van der Waals surface area contributed by atoms with Gasteiger partial charge in [-0.1, -0.05) is 121 Å². The Morgan fingerprint density at radius 1 is 0.489 bits per heavy atom. The highest BCUT2D eigenvalue weighted by atomic mass is 16.3. The molecule has 212 valence electrons. The van der Waals surface area contributed by atoms with Crippen LogP contribution in [0.4, 0.5) is 0 Å². The van der Waals surface area contributed by atoms with Crippen LogP contribution in [0.2, 0.25) is 0 Å². The van der Waals surface area contributed by atoms with Gasteiger partial charge in [-0.2, -0.15) is 0 Å². The number of hydrogen-bond acceptors (Lipinski definition) is 4. The van der Waals surface area contributed by atoms with Gasteiger partial charge in [0.1, 0.15) is 23.2 Å². The van der Waals surface area contributed by atoms with Crippen molar-refractivity contribution in [3.63, 3.8) is 0 Å². The Hall–Kier alpha value is -6.00. The molecule has 0 fully saturated rings. The maximum atomic E-state index is 6.46. The van der Waals surface area contributed by atoms with Crippen LogP contribution in [-0.4, -0.2) is 11.7 Å². The molecule has 1 aromatic heterocycles. The fourth-order valence-electron chi connectivity index (χ4n) is 6.44. The van der Waals surface area contributed by atoms with Crippen LogP contribution in [0.25, 0.3) is 54.6 Å². The summed E-state index contributed by atoms with van der Waals surface area (Å²) in [6, 6.07) is 52.8. The molecular formula is C41H27N3O. The lowest BCUT2D eigenvalue weighted by molar-refractivity contribution is 0.662. The Balaban J connectivity index is 1.21. The Labute approximate surface area is 260 Å². The van der Waals surface area contributed by atoms with Crippen molar-refractivity contribution in [2.75, 3.05) is 0 Å². The summed E-state index contributed by atoms with van der Waals surface area (Å²) in [4.78, 5) is 10.4. The Morgan fingerprint density at radius 3 is 1.93 bits per heavy atom. The number of benzene rings is 7. The lowest BCUT2D eigenvalue weighted by Gasteiger charge is -2.24. The lowest BCUT2D eigenvalue weighted by atomic mass is 10.00. The highest BCUT2D eigenvalue weighted by molar-refractivity contribution is 6.15. The van der Waals surface area contributed by atoms with E-state index in [1.54, 1.807) is 0 Å². The van der Waals surface area contributed by atoms with Crippen LogP contribution in [0.3, 0.4) is 0 Å². The molecule has 4 nitrogen and oxygen atoms in total. The first-order valence-electron chi connectivity index (χ1n) is 15.2. The summed E-state index contributed by atoms with van der Waals surface area (Å²) in [5.74, 6) is 1.49. The first-order chi connectivity index (χ1) is 22.3. The van der Waals surface area contributed by atoms with E-state index in [1.165, 1.54) is 16.2 Å². The zero-order chi connectivity index (χ0) is 29.7. The molecule has 1 atom stereocenters. The first-order valence-corrected chi connectivity index (χ1v) is 15.2. The Kier molecular flexibility index (Phi) is 5.85. The Bertz CT molecular complexity index is 2470. The molecular weight excluding hydrogens is 550 g/mol. The van der Waals surface area contributed by atoms with Gasteiger partial charge in [0, 0.05) is 27.5 Å². The number of fused-ring (bicyclic) bond motifs is 5. The summed E-state index contributed by atoms with van der Waals surface area (Å²) in [6.45, 7) is 0. The average Bonchev–Trinajstić information content (AvgIpc) is 3.49. The predicted molar refractivity (Wildman–Crippen MR) is 186 cm³/mol. The molecule has 7 aromatic carbocycles. The minimum atomic E-state index is -0.372. The van der Waals surface area contributed by atoms with Gasteiger partial charge in [0.15, 0.2) is 5.84 Å². The smallest absolute Gasteiger partial charge is 0.159 e. The normalized spacial score (nSPS) is 14.9. The number of nitrogens with zero attached hydrogens (tertiary/aromatic N) is 2. The Morgan fingerprint density at radius 2 is 1.16 bits per heavy atom. The topological polar surface area (TPSA) is 49.9 Å². The highest BCUT2D eigenvalue weighted by Gasteiger charge is 2.25. The van der Waals surface area contributed by atoms with Gasteiger partial charge in [0.25, 0.3) is 0 Å². The molecule has 2 heterocycles. The van der Waals surface area contributed by atoms with Gasteiger partial charge < -0.3 is 9.73 Å². The summed E-state index contributed by atoms with van der Waals surface area (Å²) >= 11 is 0. The molecule has 9 rings (SSSR count). The summed E-state index contributed by atoms with van der Waals surface area (Å²) in [5.41, 5.74) is 7.03. The van der Waals surface area contributed by atoms with Crippen molar-refractivity contribution < 1.29 is 4.42 Å². The second-order valence-corrected chi connectivity index (χ2v) is 11.5. The van der Waals surface area contributed by atoms with Crippen LogP contribution in [-0.2, 0) is 0 Å². The van der Waals surface area contributed by atoms with E-state index in [9.17, 15) is 0 Å². The SMILES string of the molecule is c1ccc(-c2ccc3c(c2)oc2cccc(C4N=C(c5ccc6ccccc6c5)N=C(c5ccc6ccccc6c5)N4)c23)cc1. The lowest BCUT2D eigenvalue weighted by Crippen LogP contribution is -2.33. The third kappa shape index (κ3) is 4.47. The maximum absolute atomic E-state index is 6.46. The molecule has 1 aliphatic rings. The van der Waals surface area contributed by atoms with E-state index in [4.69, 9.17) is 14.4 Å². The number of nitrogens with one attached hydrogen (secondary N) is 1. The van der Waals surface area contributed by atoms with Gasteiger partial charge in [0.2, 0.25) is 0 Å². The van der Waals surface area contributed by atoms with Crippen LogP contribution in [0, 0.1) is 0 Å². The molecule has 8 aromatic rings. The monoisotopic (exact) mass is 577 g/mol. The molecule has 0 radical (unpaired) electrons. The maximum Gasteiger partial charge on any atom is 0.159 e. The van der Waals surface area contributed by atoms with Gasteiger partial charge in [-0.3, -0.25) is 0 Å². The van der Waals surface area contributed by atoms with Crippen LogP contribution in [0.5, 0.6) is 0 Å². The van der Waals surface area contributed by atoms with E-state index in [-0.39, 0.29) is 6.17 Å². The highest BCUT2D eigenvalue weighted by Crippen LogP contribution is 2.37. The predicted octanol–water partition coefficient (Wildman–Crippen LogP) is 10.1. The fourth-order valence-corrected chi connectivity index (χ4v) is 6.44. The molecule has 4 heteroatoms. The second kappa shape index (κ2) is 10.3. The molecule has 0 saturated heterocycles. The van der Waals surface area contributed by atoms with Gasteiger partial charge in [-0.05, 0) is 63.0 Å². The van der Waals surface area contributed by atoms with E-state index in [2.05, 4.69) is 139 Å². The van der Waals surface area contributed by atoms with Gasteiger partial charge in [-0.25, -0.2) is 9.98 Å². The van der Waals surface area contributed by atoms with Crippen molar-refractivity contribution in [2.24, 2.45) is 9.98 Å². The molecule has 0 saturated carbocycles. The van der Waals surface area contributed by atoms with Crippen molar-refractivity contribution in [2.45, 2.75) is 6.17 Å². The molecule has 0 amide bonds. The van der Waals surface area contributed by atoms with E-state index in [1.807, 2.05) is 18.2 Å². The number of rotatable bonds is 4. The van der Waals surface area contributed by atoms with Gasteiger partial charge >= 0.3 is 0 Å². The van der Waals surface area contributed by atoms with Crippen LogP contribution in [0.1, 0.15) is 22.9 Å². The molecule has 1 unspecified atom stereocenters. The average molecular weight is 578 g/mol. The summed E-state index contributed by atoms with van der Waals surface area (Å²) in [5, 5.41) is 10.5. The summed E-state index contributed by atoms with van der Waals surface area (Å²) in [7, 11) is 0. The van der Waals surface area contributed by atoms with E-state index >= 15 is 0 Å². The zero-order valence-corrected chi connectivity index (χ0v) is 24.3. The second-order valence-electron chi connectivity index (χ2n) is 11.5. The zero-order valence-electron chi connectivity index (χ0n) is 24.3. The number of hydrogen-bond donors (Lipinski definition) is 1. The van der Waals surface area contributed by atoms with Crippen LogP contribution in [0.15, 0.2) is 166 Å².